The summed E-state index contributed by atoms with van der Waals surface area (Å²) < 4.78 is 5.70. The van der Waals surface area contributed by atoms with Crippen LogP contribution in [-0.4, -0.2) is 51.5 Å². The van der Waals surface area contributed by atoms with E-state index in [9.17, 15) is 5.11 Å². The van der Waals surface area contributed by atoms with Gasteiger partial charge in [-0.2, -0.15) is 0 Å². The first-order valence-electron chi connectivity index (χ1n) is 9.37. The minimum Gasteiger partial charge on any atom is -0.390 e. The Morgan fingerprint density at radius 3 is 2.85 bits per heavy atom. The van der Waals surface area contributed by atoms with Crippen molar-refractivity contribution >= 4 is 5.82 Å². The number of aliphatic hydroxyl groups is 1. The van der Waals surface area contributed by atoms with E-state index in [1.165, 1.54) is 0 Å². The molecule has 0 radical (unpaired) electrons. The summed E-state index contributed by atoms with van der Waals surface area (Å²) in [5, 5.41) is 10.9. The van der Waals surface area contributed by atoms with E-state index in [2.05, 4.69) is 14.9 Å². The third-order valence-electron chi connectivity index (χ3n) is 5.69. The van der Waals surface area contributed by atoms with Crippen molar-refractivity contribution in [1.82, 2.24) is 15.0 Å². The predicted octanol–water partition coefficient (Wildman–Crippen LogP) is 2.60. The number of hydrogen-bond donors (Lipinski definition) is 1. The van der Waals surface area contributed by atoms with Crippen molar-refractivity contribution < 1.29 is 9.84 Å². The summed E-state index contributed by atoms with van der Waals surface area (Å²) in [6.07, 6.45) is 6.36. The van der Waals surface area contributed by atoms with Crippen LogP contribution in [0.25, 0.3) is 11.4 Å². The van der Waals surface area contributed by atoms with Gasteiger partial charge >= 0.3 is 0 Å². The molecule has 0 spiro atoms. The van der Waals surface area contributed by atoms with Crippen LogP contribution in [-0.2, 0) is 4.74 Å². The Balaban J connectivity index is 1.67. The highest BCUT2D eigenvalue weighted by molar-refractivity contribution is 5.57. The number of ether oxygens (including phenoxy) is 1. The molecular weight excluding hydrogens is 328 g/mol. The highest BCUT2D eigenvalue weighted by atomic mass is 16.5. The van der Waals surface area contributed by atoms with Crippen molar-refractivity contribution in [2.24, 2.45) is 5.92 Å². The van der Waals surface area contributed by atoms with Gasteiger partial charge < -0.3 is 14.7 Å². The number of nitrogens with zero attached hydrogens (tertiary/aromatic N) is 4. The summed E-state index contributed by atoms with van der Waals surface area (Å²) in [6.45, 7) is 6.14. The fourth-order valence-corrected chi connectivity index (χ4v) is 4.20. The van der Waals surface area contributed by atoms with Gasteiger partial charge in [0.2, 0.25) is 0 Å². The summed E-state index contributed by atoms with van der Waals surface area (Å²) in [6, 6.07) is 6.14. The van der Waals surface area contributed by atoms with Gasteiger partial charge in [-0.15, -0.1) is 0 Å². The number of rotatable bonds is 3. The minimum atomic E-state index is -0.693. The molecule has 0 aromatic carbocycles. The highest BCUT2D eigenvalue weighted by Gasteiger charge is 2.44. The summed E-state index contributed by atoms with van der Waals surface area (Å²) >= 11 is 0. The van der Waals surface area contributed by atoms with E-state index in [-0.39, 0.29) is 12.0 Å². The average molecular weight is 354 g/mol. The maximum Gasteiger partial charge on any atom is 0.161 e. The molecule has 26 heavy (non-hydrogen) atoms. The smallest absolute Gasteiger partial charge is 0.161 e. The van der Waals surface area contributed by atoms with Crippen molar-refractivity contribution in [2.45, 2.75) is 44.8 Å². The van der Waals surface area contributed by atoms with Gasteiger partial charge in [-0.1, -0.05) is 0 Å². The van der Waals surface area contributed by atoms with Crippen molar-refractivity contribution in [3.63, 3.8) is 0 Å². The van der Waals surface area contributed by atoms with E-state index >= 15 is 0 Å². The van der Waals surface area contributed by atoms with Gasteiger partial charge in [-0.05, 0) is 45.2 Å². The lowest BCUT2D eigenvalue weighted by Gasteiger charge is -2.43. The minimum absolute atomic E-state index is 0.0957. The summed E-state index contributed by atoms with van der Waals surface area (Å²) in [5.41, 5.74) is 1.22. The second-order valence-corrected chi connectivity index (χ2v) is 7.62. The molecule has 2 aliphatic rings. The zero-order valence-corrected chi connectivity index (χ0v) is 15.4. The zero-order valence-electron chi connectivity index (χ0n) is 15.4. The van der Waals surface area contributed by atoms with Gasteiger partial charge in [0.05, 0.1) is 12.2 Å². The Hall–Kier alpha value is -2.05. The number of aryl methyl sites for hydroxylation is 1. The molecule has 2 saturated heterocycles. The lowest BCUT2D eigenvalue weighted by Crippen LogP contribution is -2.52. The molecule has 2 aromatic heterocycles. The Bertz CT molecular complexity index is 766. The predicted molar refractivity (Wildman–Crippen MR) is 99.9 cm³/mol. The monoisotopic (exact) mass is 354 g/mol. The lowest BCUT2D eigenvalue weighted by molar-refractivity contribution is -0.108. The summed E-state index contributed by atoms with van der Waals surface area (Å²) in [4.78, 5) is 15.9. The SMILES string of the molecule is Cc1cc(N2CCC[C@@H]2[C@@H]2COCC[C@]2(C)O)nc(-c2ccncc2)n1. The quantitative estimate of drug-likeness (QED) is 0.913. The largest absolute Gasteiger partial charge is 0.390 e. The molecule has 6 heteroatoms. The molecule has 0 amide bonds. The van der Waals surface area contributed by atoms with Gasteiger partial charge in [0.1, 0.15) is 5.82 Å². The van der Waals surface area contributed by atoms with Crippen molar-refractivity contribution in [2.75, 3.05) is 24.7 Å². The standard InChI is InChI=1S/C20H26N4O2/c1-14-12-18(23-19(22-14)15-5-8-21-9-6-15)24-10-3-4-17(24)16-13-26-11-7-20(16,2)25/h5-6,8-9,12,16-17,25H,3-4,7,10-11,13H2,1-2H3/t16-,17+,20-/m0/s1. The van der Waals surface area contributed by atoms with Crippen LogP contribution in [0.5, 0.6) is 0 Å². The van der Waals surface area contributed by atoms with E-state index in [4.69, 9.17) is 9.72 Å². The first-order valence-corrected chi connectivity index (χ1v) is 9.37. The number of aromatic nitrogens is 3. The third-order valence-corrected chi connectivity index (χ3v) is 5.69. The average Bonchev–Trinajstić information content (AvgIpc) is 3.11. The molecule has 4 heterocycles. The van der Waals surface area contributed by atoms with Crippen LogP contribution >= 0.6 is 0 Å². The molecule has 3 atom stereocenters. The lowest BCUT2D eigenvalue weighted by atomic mass is 9.79. The van der Waals surface area contributed by atoms with Crippen LogP contribution in [0.1, 0.15) is 31.9 Å². The number of pyridine rings is 1. The molecule has 4 rings (SSSR count). The molecule has 0 aliphatic carbocycles. The normalized spacial score (nSPS) is 29.1. The second kappa shape index (κ2) is 6.93. The zero-order chi connectivity index (χ0) is 18.1. The molecule has 138 valence electrons. The van der Waals surface area contributed by atoms with Crippen molar-refractivity contribution in [1.29, 1.82) is 0 Å². The topological polar surface area (TPSA) is 71.4 Å². The van der Waals surface area contributed by atoms with Gasteiger partial charge in [0, 0.05) is 54.8 Å². The Morgan fingerprint density at radius 2 is 2.08 bits per heavy atom. The van der Waals surface area contributed by atoms with E-state index < -0.39 is 5.60 Å². The first-order chi connectivity index (χ1) is 12.5. The van der Waals surface area contributed by atoms with Gasteiger partial charge in [-0.25, -0.2) is 9.97 Å². The van der Waals surface area contributed by atoms with Crippen LogP contribution in [0.15, 0.2) is 30.6 Å². The van der Waals surface area contributed by atoms with Crippen molar-refractivity contribution in [3.8, 4) is 11.4 Å². The second-order valence-electron chi connectivity index (χ2n) is 7.62. The van der Waals surface area contributed by atoms with Crippen LogP contribution < -0.4 is 4.90 Å². The van der Waals surface area contributed by atoms with E-state index in [1.807, 2.05) is 32.0 Å². The highest BCUT2D eigenvalue weighted by Crippen LogP contribution is 2.38. The molecular formula is C20H26N4O2. The van der Waals surface area contributed by atoms with Gasteiger partial charge in [0.25, 0.3) is 0 Å². The molecule has 2 fully saturated rings. The van der Waals surface area contributed by atoms with Gasteiger partial charge in [0.15, 0.2) is 5.82 Å². The molecule has 0 saturated carbocycles. The third kappa shape index (κ3) is 3.31. The Kier molecular flexibility index (Phi) is 4.63. The van der Waals surface area contributed by atoms with Crippen LogP contribution in [0.4, 0.5) is 5.82 Å². The van der Waals surface area contributed by atoms with Crippen LogP contribution in [0.2, 0.25) is 0 Å². The maximum absolute atomic E-state index is 10.9. The number of hydrogen-bond acceptors (Lipinski definition) is 6. The molecule has 6 nitrogen and oxygen atoms in total. The fraction of sp³-hybridized carbons (Fsp3) is 0.550. The Morgan fingerprint density at radius 1 is 1.27 bits per heavy atom. The van der Waals surface area contributed by atoms with Crippen LogP contribution in [0.3, 0.4) is 0 Å². The molecule has 1 N–H and O–H groups in total. The van der Waals surface area contributed by atoms with E-state index in [0.717, 1.165) is 42.3 Å². The van der Waals surface area contributed by atoms with Crippen molar-refractivity contribution in [3.05, 3.63) is 36.3 Å². The summed E-state index contributed by atoms with van der Waals surface area (Å²) in [7, 11) is 0. The number of anilines is 1. The van der Waals surface area contributed by atoms with Crippen LogP contribution in [0, 0.1) is 12.8 Å². The molecule has 2 aliphatic heterocycles. The molecule has 0 bridgehead atoms. The first kappa shape index (κ1) is 17.4. The molecule has 0 unspecified atom stereocenters. The maximum atomic E-state index is 10.9. The Labute approximate surface area is 154 Å². The molecule has 2 aromatic rings. The van der Waals surface area contributed by atoms with E-state index in [0.29, 0.717) is 19.6 Å². The van der Waals surface area contributed by atoms with E-state index in [1.54, 1.807) is 12.4 Å². The van der Waals surface area contributed by atoms with Gasteiger partial charge in [-0.3, -0.25) is 4.98 Å². The summed E-state index contributed by atoms with van der Waals surface area (Å²) in [5.74, 6) is 1.76. The fourth-order valence-electron chi connectivity index (χ4n) is 4.20.